The quantitative estimate of drug-likeness (QED) is 0.448. The van der Waals surface area contributed by atoms with Crippen LogP contribution < -0.4 is 0 Å². The van der Waals surface area contributed by atoms with Crippen LogP contribution in [0.1, 0.15) is 0 Å². The molecule has 3 heteroatoms. The largest absolute Gasteiger partial charge is 0.276 e. The van der Waals surface area contributed by atoms with Gasteiger partial charge in [-0.2, -0.15) is 0 Å². The van der Waals surface area contributed by atoms with Crippen LogP contribution in [0.15, 0.2) is 78.9 Å². The van der Waals surface area contributed by atoms with Crippen LogP contribution in [0.3, 0.4) is 0 Å². The van der Waals surface area contributed by atoms with Gasteiger partial charge >= 0.3 is 0 Å². The lowest BCUT2D eigenvalue weighted by Crippen LogP contribution is -1.95. The highest BCUT2D eigenvalue weighted by Gasteiger charge is 2.13. The normalized spacial score (nSPS) is 11.5. The summed E-state index contributed by atoms with van der Waals surface area (Å²) < 4.78 is 2.14. The van der Waals surface area contributed by atoms with E-state index in [1.165, 1.54) is 0 Å². The van der Waals surface area contributed by atoms with Crippen molar-refractivity contribution in [2.24, 2.45) is 0 Å². The number of hydrogen-bond acceptors (Lipinski definition) is 2. The van der Waals surface area contributed by atoms with E-state index in [9.17, 15) is 0 Å². The van der Waals surface area contributed by atoms with Crippen molar-refractivity contribution in [3.63, 3.8) is 0 Å². The third kappa shape index (κ3) is 1.77. The molecule has 0 atom stereocenters. The summed E-state index contributed by atoms with van der Waals surface area (Å²) in [4.78, 5) is 9.57. The smallest absolute Gasteiger partial charge is 0.235 e. The maximum Gasteiger partial charge on any atom is 0.235 e. The van der Waals surface area contributed by atoms with Crippen molar-refractivity contribution in [3.05, 3.63) is 78.9 Å². The number of nitrogens with zero attached hydrogens (tertiary/aromatic N) is 3. The highest BCUT2D eigenvalue weighted by Crippen LogP contribution is 2.29. The van der Waals surface area contributed by atoms with Crippen LogP contribution in [0, 0.1) is 0 Å². The molecule has 2 aromatic heterocycles. The van der Waals surface area contributed by atoms with E-state index in [1.54, 1.807) is 0 Å². The first-order chi connectivity index (χ1) is 11.4. The van der Waals surface area contributed by atoms with Crippen LogP contribution in [-0.4, -0.2) is 14.4 Å². The molecule has 0 amide bonds. The first-order valence-electron chi connectivity index (χ1n) is 7.63. The minimum atomic E-state index is 0.740. The van der Waals surface area contributed by atoms with Gasteiger partial charge in [-0.3, -0.25) is 4.40 Å². The molecule has 0 unspecified atom stereocenters. The molecule has 0 aliphatic heterocycles. The zero-order valence-corrected chi connectivity index (χ0v) is 12.3. The van der Waals surface area contributed by atoms with Gasteiger partial charge in [-0.25, -0.2) is 9.97 Å². The molecule has 108 valence electrons. The summed E-state index contributed by atoms with van der Waals surface area (Å²) in [6.07, 6.45) is 0. The topological polar surface area (TPSA) is 30.2 Å². The van der Waals surface area contributed by atoms with Crippen LogP contribution in [0.25, 0.3) is 39.0 Å². The van der Waals surface area contributed by atoms with Crippen molar-refractivity contribution in [1.29, 1.82) is 0 Å². The average Bonchev–Trinajstić information content (AvgIpc) is 3.00. The molecule has 3 aromatic carbocycles. The summed E-state index contributed by atoms with van der Waals surface area (Å²) in [7, 11) is 0. The Bertz CT molecular complexity index is 1160. The van der Waals surface area contributed by atoms with Gasteiger partial charge in [0.1, 0.15) is 0 Å². The van der Waals surface area contributed by atoms with Gasteiger partial charge in [0.05, 0.1) is 22.2 Å². The third-order valence-electron chi connectivity index (χ3n) is 4.20. The van der Waals surface area contributed by atoms with Crippen molar-refractivity contribution >= 4 is 27.7 Å². The van der Waals surface area contributed by atoms with E-state index in [4.69, 9.17) is 9.97 Å². The van der Waals surface area contributed by atoms with Crippen LogP contribution in [-0.2, 0) is 0 Å². The Balaban J connectivity index is 2.02. The Morgan fingerprint density at radius 1 is 0.609 bits per heavy atom. The zero-order chi connectivity index (χ0) is 15.2. The zero-order valence-electron chi connectivity index (χ0n) is 12.3. The molecule has 0 radical (unpaired) electrons. The van der Waals surface area contributed by atoms with Gasteiger partial charge in [0, 0.05) is 10.9 Å². The van der Waals surface area contributed by atoms with Crippen molar-refractivity contribution in [1.82, 2.24) is 14.4 Å². The van der Waals surface area contributed by atoms with E-state index in [0.717, 1.165) is 39.0 Å². The number of rotatable bonds is 1. The summed E-state index contributed by atoms with van der Waals surface area (Å²) >= 11 is 0. The summed E-state index contributed by atoms with van der Waals surface area (Å²) in [5.41, 5.74) is 5.27. The summed E-state index contributed by atoms with van der Waals surface area (Å²) in [5, 5.41) is 1.13. The molecule has 0 aliphatic rings. The maximum absolute atomic E-state index is 4.86. The summed E-state index contributed by atoms with van der Waals surface area (Å²) in [6.45, 7) is 0. The second-order valence-corrected chi connectivity index (χ2v) is 5.58. The van der Waals surface area contributed by atoms with Crippen molar-refractivity contribution in [2.45, 2.75) is 0 Å². The maximum atomic E-state index is 4.86. The van der Waals surface area contributed by atoms with Crippen LogP contribution in [0.4, 0.5) is 0 Å². The second kappa shape index (κ2) is 4.65. The fraction of sp³-hybridized carbons (Fsp3) is 0. The lowest BCUT2D eigenvalue weighted by molar-refractivity contribution is 1.19. The van der Waals surface area contributed by atoms with Gasteiger partial charge in [0.25, 0.3) is 0 Å². The Morgan fingerprint density at radius 2 is 1.30 bits per heavy atom. The number of imidazole rings is 1. The average molecular weight is 295 g/mol. The van der Waals surface area contributed by atoms with Gasteiger partial charge in [0.15, 0.2) is 0 Å². The van der Waals surface area contributed by atoms with Gasteiger partial charge in [-0.1, -0.05) is 60.7 Å². The third-order valence-corrected chi connectivity index (χ3v) is 4.20. The Labute approximate surface area is 132 Å². The number of aromatic nitrogens is 3. The number of fused-ring (bicyclic) bond motifs is 5. The molecule has 0 fully saturated rings. The van der Waals surface area contributed by atoms with Gasteiger partial charge in [-0.15, -0.1) is 0 Å². The molecule has 3 nitrogen and oxygen atoms in total. The first-order valence-corrected chi connectivity index (χ1v) is 7.63. The molecule has 0 aliphatic carbocycles. The van der Waals surface area contributed by atoms with Crippen molar-refractivity contribution in [2.75, 3.05) is 0 Å². The molecule has 5 rings (SSSR count). The van der Waals surface area contributed by atoms with E-state index < -0.39 is 0 Å². The predicted molar refractivity (Wildman–Crippen MR) is 93.4 cm³/mol. The van der Waals surface area contributed by atoms with Crippen molar-refractivity contribution in [3.8, 4) is 11.3 Å². The van der Waals surface area contributed by atoms with E-state index in [0.29, 0.717) is 0 Å². The van der Waals surface area contributed by atoms with E-state index in [2.05, 4.69) is 46.9 Å². The lowest BCUT2D eigenvalue weighted by Gasteiger charge is -2.08. The minimum absolute atomic E-state index is 0.740. The molecular weight excluding hydrogens is 282 g/mol. The Kier molecular flexibility index (Phi) is 2.50. The predicted octanol–water partition coefficient (Wildman–Crippen LogP) is 4.70. The van der Waals surface area contributed by atoms with Crippen molar-refractivity contribution < 1.29 is 0 Å². The monoisotopic (exact) mass is 295 g/mol. The first kappa shape index (κ1) is 12.4. The Morgan fingerprint density at radius 3 is 2.17 bits per heavy atom. The SMILES string of the molecule is c1ccc(-c2nc3nc4ccccc4n3c3ccccc23)cc1. The van der Waals surface area contributed by atoms with Crippen LogP contribution in [0.5, 0.6) is 0 Å². The van der Waals surface area contributed by atoms with Gasteiger partial charge < -0.3 is 0 Å². The molecule has 5 aromatic rings. The molecule has 2 heterocycles. The molecule has 23 heavy (non-hydrogen) atoms. The molecule has 0 N–H and O–H groups in total. The molecule has 0 bridgehead atoms. The van der Waals surface area contributed by atoms with Gasteiger partial charge in [0.2, 0.25) is 5.78 Å². The number of para-hydroxylation sites is 3. The van der Waals surface area contributed by atoms with E-state index >= 15 is 0 Å². The minimum Gasteiger partial charge on any atom is -0.276 e. The molecule has 0 saturated heterocycles. The number of benzene rings is 3. The van der Waals surface area contributed by atoms with E-state index in [-0.39, 0.29) is 0 Å². The number of hydrogen-bond donors (Lipinski definition) is 0. The fourth-order valence-corrected chi connectivity index (χ4v) is 3.17. The van der Waals surface area contributed by atoms with Crippen LogP contribution >= 0.6 is 0 Å². The van der Waals surface area contributed by atoms with Gasteiger partial charge in [-0.05, 0) is 18.2 Å². The van der Waals surface area contributed by atoms with E-state index in [1.807, 2.05) is 36.4 Å². The summed E-state index contributed by atoms with van der Waals surface area (Å²) in [6, 6.07) is 26.8. The standard InChI is InChI=1S/C20H13N3/c1-2-8-14(9-3-1)19-15-10-4-6-12-17(15)23-18-13-7-5-11-16(18)21-20(23)22-19/h1-13H. The Hall–Kier alpha value is -3.20. The molecule has 0 spiro atoms. The molecular formula is C20H13N3. The highest BCUT2D eigenvalue weighted by atomic mass is 15.1. The lowest BCUT2D eigenvalue weighted by atomic mass is 10.1. The van der Waals surface area contributed by atoms with Crippen LogP contribution in [0.2, 0.25) is 0 Å². The summed E-state index contributed by atoms with van der Waals surface area (Å²) in [5.74, 6) is 0.740. The molecule has 0 saturated carbocycles. The second-order valence-electron chi connectivity index (χ2n) is 5.58. The fourth-order valence-electron chi connectivity index (χ4n) is 3.17. The highest BCUT2D eigenvalue weighted by molar-refractivity contribution is 5.97.